The molecule has 1 saturated carbocycles. The molecule has 1 aliphatic heterocycles. The third kappa shape index (κ3) is 2.77. The predicted octanol–water partition coefficient (Wildman–Crippen LogP) is 1.11. The predicted molar refractivity (Wildman–Crippen MR) is 71.2 cm³/mol. The first-order valence-corrected chi connectivity index (χ1v) is 8.52. The van der Waals surface area contributed by atoms with Crippen LogP contribution in [0.3, 0.4) is 0 Å². The molecule has 4 nitrogen and oxygen atoms in total. The van der Waals surface area contributed by atoms with Crippen molar-refractivity contribution in [2.75, 3.05) is 24.6 Å². The van der Waals surface area contributed by atoms with E-state index in [0.717, 1.165) is 19.4 Å². The molecule has 104 valence electrons. The van der Waals surface area contributed by atoms with Gasteiger partial charge in [-0.25, -0.2) is 8.42 Å². The third-order valence-electron chi connectivity index (χ3n) is 4.42. The molecule has 5 heteroatoms. The minimum absolute atomic E-state index is 0.0419. The average molecular weight is 273 g/mol. The van der Waals surface area contributed by atoms with Crippen LogP contribution in [0.1, 0.15) is 33.6 Å². The van der Waals surface area contributed by atoms with Gasteiger partial charge in [0.25, 0.3) is 0 Å². The van der Waals surface area contributed by atoms with E-state index in [1.54, 1.807) is 0 Å². The van der Waals surface area contributed by atoms with Crippen LogP contribution in [-0.4, -0.2) is 49.7 Å². The van der Waals surface area contributed by atoms with E-state index in [9.17, 15) is 13.2 Å². The number of carbonyl (C=O) groups excluding carboxylic acids is 1. The van der Waals surface area contributed by atoms with Gasteiger partial charge in [0.15, 0.2) is 9.84 Å². The van der Waals surface area contributed by atoms with E-state index in [4.69, 9.17) is 0 Å². The minimum atomic E-state index is -2.86. The summed E-state index contributed by atoms with van der Waals surface area (Å²) in [5.74, 6) is 0.922. The van der Waals surface area contributed by atoms with Gasteiger partial charge < -0.3 is 0 Å². The van der Waals surface area contributed by atoms with Crippen molar-refractivity contribution in [1.29, 1.82) is 0 Å². The molecule has 0 aromatic heterocycles. The highest BCUT2D eigenvalue weighted by molar-refractivity contribution is 7.91. The van der Waals surface area contributed by atoms with E-state index >= 15 is 0 Å². The van der Waals surface area contributed by atoms with Gasteiger partial charge in [-0.15, -0.1) is 0 Å². The molecule has 0 radical (unpaired) electrons. The van der Waals surface area contributed by atoms with E-state index in [2.05, 4.69) is 4.90 Å². The van der Waals surface area contributed by atoms with E-state index < -0.39 is 9.84 Å². The Bertz CT molecular complexity index is 441. The smallest absolute Gasteiger partial charge is 0.153 e. The molecule has 0 bridgehead atoms. The van der Waals surface area contributed by atoms with Gasteiger partial charge in [-0.3, -0.25) is 9.69 Å². The molecule has 2 atom stereocenters. The minimum Gasteiger partial charge on any atom is -0.299 e. The summed E-state index contributed by atoms with van der Waals surface area (Å²) >= 11 is 0. The maximum Gasteiger partial charge on any atom is 0.153 e. The van der Waals surface area contributed by atoms with Gasteiger partial charge >= 0.3 is 0 Å². The number of hydrogen-bond acceptors (Lipinski definition) is 4. The van der Waals surface area contributed by atoms with Crippen LogP contribution in [0.5, 0.6) is 0 Å². The molecular weight excluding hydrogens is 250 g/mol. The molecule has 2 unspecified atom stereocenters. The van der Waals surface area contributed by atoms with Gasteiger partial charge in [-0.2, -0.15) is 0 Å². The molecular formula is C13H23NO3S. The third-order valence-corrected chi connectivity index (χ3v) is 6.21. The first-order valence-electron chi connectivity index (χ1n) is 6.70. The van der Waals surface area contributed by atoms with Crippen LogP contribution in [0.4, 0.5) is 0 Å². The Labute approximate surface area is 110 Å². The second-order valence-electron chi connectivity index (χ2n) is 6.44. The molecule has 1 aliphatic carbocycles. The van der Waals surface area contributed by atoms with E-state index in [1.807, 2.05) is 20.8 Å². The van der Waals surface area contributed by atoms with Gasteiger partial charge in [0.05, 0.1) is 11.5 Å². The van der Waals surface area contributed by atoms with Gasteiger partial charge in [0, 0.05) is 30.5 Å². The summed E-state index contributed by atoms with van der Waals surface area (Å²) < 4.78 is 23.0. The lowest BCUT2D eigenvalue weighted by Gasteiger charge is -2.34. The molecule has 1 heterocycles. The maximum atomic E-state index is 12.2. The number of carbonyl (C=O) groups is 1. The van der Waals surface area contributed by atoms with Crippen molar-refractivity contribution in [3.8, 4) is 0 Å². The Morgan fingerprint density at radius 1 is 1.39 bits per heavy atom. The zero-order chi connectivity index (χ0) is 13.6. The monoisotopic (exact) mass is 273 g/mol. The van der Waals surface area contributed by atoms with Crippen molar-refractivity contribution in [1.82, 2.24) is 4.90 Å². The fourth-order valence-corrected chi connectivity index (χ4v) is 4.73. The average Bonchev–Trinajstić information content (AvgIpc) is 2.48. The lowest BCUT2D eigenvalue weighted by molar-refractivity contribution is -0.128. The van der Waals surface area contributed by atoms with Crippen LogP contribution >= 0.6 is 0 Å². The second kappa shape index (κ2) is 4.60. The molecule has 1 saturated heterocycles. The summed E-state index contributed by atoms with van der Waals surface area (Å²) in [5.41, 5.74) is -0.185. The highest BCUT2D eigenvalue weighted by atomic mass is 32.2. The summed E-state index contributed by atoms with van der Waals surface area (Å²) in [6, 6.07) is 0.0419. The summed E-state index contributed by atoms with van der Waals surface area (Å²) in [4.78, 5) is 14.4. The standard InChI is InChI=1S/C13H23NO3S/c1-10-9-18(16,17)7-6-14(10)8-11-4-5-13(2,3)12(11)15/h10-11H,4-9H2,1-3H3. The number of nitrogens with zero attached hydrogens (tertiary/aromatic N) is 1. The highest BCUT2D eigenvalue weighted by Gasteiger charge is 2.42. The molecule has 0 N–H and O–H groups in total. The fourth-order valence-electron chi connectivity index (χ4n) is 3.10. The van der Waals surface area contributed by atoms with Crippen molar-refractivity contribution in [3.05, 3.63) is 0 Å². The van der Waals surface area contributed by atoms with Gasteiger partial charge in [0.2, 0.25) is 0 Å². The quantitative estimate of drug-likeness (QED) is 0.756. The van der Waals surface area contributed by atoms with Crippen LogP contribution in [0.25, 0.3) is 0 Å². The molecule has 0 aromatic carbocycles. The van der Waals surface area contributed by atoms with Gasteiger partial charge in [-0.1, -0.05) is 13.8 Å². The van der Waals surface area contributed by atoms with E-state index in [1.165, 1.54) is 0 Å². The molecule has 2 rings (SSSR count). The van der Waals surface area contributed by atoms with Gasteiger partial charge in [0.1, 0.15) is 5.78 Å². The van der Waals surface area contributed by atoms with Crippen LogP contribution in [0.15, 0.2) is 0 Å². The maximum absolute atomic E-state index is 12.2. The number of hydrogen-bond donors (Lipinski definition) is 0. The molecule has 18 heavy (non-hydrogen) atoms. The van der Waals surface area contributed by atoms with Crippen molar-refractivity contribution < 1.29 is 13.2 Å². The van der Waals surface area contributed by atoms with E-state index in [-0.39, 0.29) is 28.9 Å². The zero-order valence-corrected chi connectivity index (χ0v) is 12.3. The Morgan fingerprint density at radius 2 is 2.06 bits per heavy atom. The van der Waals surface area contributed by atoms with Crippen molar-refractivity contribution in [2.24, 2.45) is 11.3 Å². The SMILES string of the molecule is CC1CS(=O)(=O)CCN1CC1CCC(C)(C)C1=O. The molecule has 0 amide bonds. The Balaban J connectivity index is 1.98. The van der Waals surface area contributed by atoms with Crippen LogP contribution in [-0.2, 0) is 14.6 Å². The molecule has 0 aromatic rings. The van der Waals surface area contributed by atoms with Crippen molar-refractivity contribution in [2.45, 2.75) is 39.7 Å². The van der Waals surface area contributed by atoms with Crippen LogP contribution in [0, 0.1) is 11.3 Å². The molecule has 2 aliphatic rings. The Kier molecular flexibility index (Phi) is 3.58. The number of rotatable bonds is 2. The fraction of sp³-hybridized carbons (Fsp3) is 0.923. The largest absolute Gasteiger partial charge is 0.299 e. The first-order chi connectivity index (χ1) is 8.21. The van der Waals surface area contributed by atoms with Crippen LogP contribution < -0.4 is 0 Å². The first kappa shape index (κ1) is 14.0. The number of sulfone groups is 1. The normalized spacial score (nSPS) is 35.8. The summed E-state index contributed by atoms with van der Waals surface area (Å²) in [7, 11) is -2.86. The highest BCUT2D eigenvalue weighted by Crippen LogP contribution is 2.38. The summed E-state index contributed by atoms with van der Waals surface area (Å²) in [6.45, 7) is 7.28. The lowest BCUT2D eigenvalue weighted by Crippen LogP contribution is -2.49. The van der Waals surface area contributed by atoms with Gasteiger partial charge in [-0.05, 0) is 19.8 Å². The second-order valence-corrected chi connectivity index (χ2v) is 8.67. The summed E-state index contributed by atoms with van der Waals surface area (Å²) in [5, 5.41) is 0. The van der Waals surface area contributed by atoms with E-state index in [0.29, 0.717) is 12.3 Å². The molecule has 2 fully saturated rings. The van der Waals surface area contributed by atoms with Crippen LogP contribution in [0.2, 0.25) is 0 Å². The topological polar surface area (TPSA) is 54.5 Å². The molecule has 0 spiro atoms. The zero-order valence-electron chi connectivity index (χ0n) is 11.5. The summed E-state index contributed by atoms with van der Waals surface area (Å²) in [6.07, 6.45) is 1.90. The Morgan fingerprint density at radius 3 is 2.56 bits per heavy atom. The van der Waals surface area contributed by atoms with Crippen molar-refractivity contribution >= 4 is 15.6 Å². The Hall–Kier alpha value is -0.420. The number of ketones is 1. The number of Topliss-reactive ketones (excluding diaryl/α,β-unsaturated/α-hetero) is 1. The van der Waals surface area contributed by atoms with Crippen molar-refractivity contribution in [3.63, 3.8) is 0 Å². The lowest BCUT2D eigenvalue weighted by atomic mass is 9.89.